The number of nitrogens with zero attached hydrogens (tertiary/aromatic N) is 4. The van der Waals surface area contributed by atoms with Gasteiger partial charge in [-0.15, -0.1) is 0 Å². The van der Waals surface area contributed by atoms with E-state index in [2.05, 4.69) is 20.5 Å². The summed E-state index contributed by atoms with van der Waals surface area (Å²) in [5, 5.41) is 44.6. The van der Waals surface area contributed by atoms with Gasteiger partial charge in [0.25, 0.3) is 0 Å². The third-order valence-electron chi connectivity index (χ3n) is 3.74. The van der Waals surface area contributed by atoms with Crippen LogP contribution in [0.25, 0.3) is 0 Å². The van der Waals surface area contributed by atoms with Crippen LogP contribution in [-0.2, 0) is 0 Å². The first-order chi connectivity index (χ1) is 12.2. The predicted octanol–water partition coefficient (Wildman–Crippen LogP) is 1.74. The Morgan fingerprint density at radius 2 is 0.536 bits per heavy atom. The van der Waals surface area contributed by atoms with Crippen molar-refractivity contribution in [3.05, 3.63) is 0 Å². The summed E-state index contributed by atoms with van der Waals surface area (Å²) in [6.45, 7) is 13.4. The molecule has 0 saturated carbocycles. The van der Waals surface area contributed by atoms with Crippen molar-refractivity contribution in [2.75, 3.05) is 0 Å². The van der Waals surface area contributed by atoms with Gasteiger partial charge in [0.1, 0.15) is 45.5 Å². The van der Waals surface area contributed by atoms with Crippen LogP contribution in [0.2, 0.25) is 0 Å². The van der Waals surface area contributed by atoms with Gasteiger partial charge >= 0.3 is 0 Å². The van der Waals surface area contributed by atoms with Crippen LogP contribution in [0.3, 0.4) is 0 Å². The highest BCUT2D eigenvalue weighted by molar-refractivity contribution is 5.88. The molecule has 28 heavy (non-hydrogen) atoms. The number of rotatable bonds is 8. The van der Waals surface area contributed by atoms with Crippen LogP contribution in [0, 0.1) is 21.6 Å². The van der Waals surface area contributed by atoms with Gasteiger partial charge < -0.3 is 22.9 Å². The highest BCUT2D eigenvalue weighted by Gasteiger charge is 2.26. The number of hydrogen-bond acceptors (Lipinski definition) is 8. The van der Waals surface area contributed by atoms with Crippen LogP contribution in [0.4, 0.5) is 0 Å². The number of azo groups is 2. The fraction of sp³-hybridized carbons (Fsp3) is 0.750. The van der Waals surface area contributed by atoms with E-state index in [1.165, 1.54) is 0 Å². The maximum absolute atomic E-state index is 7.25. The molecule has 0 unspecified atom stereocenters. The summed E-state index contributed by atoms with van der Waals surface area (Å²) in [5.74, 6) is -0.276. The lowest BCUT2D eigenvalue weighted by Gasteiger charge is -2.20. The third-order valence-corrected chi connectivity index (χ3v) is 3.74. The van der Waals surface area contributed by atoms with Crippen LogP contribution in [0.1, 0.15) is 55.4 Å². The van der Waals surface area contributed by atoms with E-state index >= 15 is 0 Å². The van der Waals surface area contributed by atoms with Crippen molar-refractivity contribution in [2.24, 2.45) is 43.4 Å². The van der Waals surface area contributed by atoms with E-state index in [0.717, 1.165) is 0 Å². The molecule has 160 valence electrons. The maximum atomic E-state index is 7.25. The summed E-state index contributed by atoms with van der Waals surface area (Å²) in [4.78, 5) is 0. The Morgan fingerprint density at radius 1 is 0.429 bits per heavy atom. The predicted molar refractivity (Wildman–Crippen MR) is 114 cm³/mol. The number of nitrogens with two attached hydrogens (primary N) is 4. The highest BCUT2D eigenvalue weighted by atomic mass is 15.2. The zero-order chi connectivity index (χ0) is 23.1. The quantitative estimate of drug-likeness (QED) is 0.173. The van der Waals surface area contributed by atoms with Gasteiger partial charge in [0.2, 0.25) is 0 Å². The molecule has 12 heteroatoms. The van der Waals surface area contributed by atoms with E-state index < -0.39 is 22.2 Å². The normalized spacial score (nSPS) is 13.1. The van der Waals surface area contributed by atoms with Crippen LogP contribution in [0.15, 0.2) is 20.5 Å². The number of hydrogen-bond donors (Lipinski definition) is 8. The van der Waals surface area contributed by atoms with Crippen molar-refractivity contribution < 1.29 is 0 Å². The lowest BCUT2D eigenvalue weighted by atomic mass is 10.1. The number of amidine groups is 4. The van der Waals surface area contributed by atoms with E-state index in [1.807, 2.05) is 0 Å². The topological polar surface area (TPSA) is 249 Å². The molecule has 0 spiro atoms. The summed E-state index contributed by atoms with van der Waals surface area (Å²) < 4.78 is 0. The first-order valence-corrected chi connectivity index (χ1v) is 8.45. The van der Waals surface area contributed by atoms with Gasteiger partial charge in [-0.2, -0.15) is 20.5 Å². The summed E-state index contributed by atoms with van der Waals surface area (Å²) >= 11 is 0. The minimum absolute atomic E-state index is 0.0689. The second-order valence-corrected chi connectivity index (χ2v) is 8.29. The summed E-state index contributed by atoms with van der Waals surface area (Å²) in [6, 6.07) is 0. The molecular weight excluding hydrogens is 360 g/mol. The molecule has 0 aliphatic heterocycles. The van der Waals surface area contributed by atoms with Gasteiger partial charge in [-0.3, -0.25) is 21.6 Å². The Hall–Kier alpha value is -2.92. The molecule has 0 aromatic carbocycles. The molecule has 0 aliphatic carbocycles. The Kier molecular flexibility index (Phi) is 9.10. The van der Waals surface area contributed by atoms with Crippen LogP contribution >= 0.6 is 0 Å². The van der Waals surface area contributed by atoms with Crippen molar-refractivity contribution in [1.29, 1.82) is 21.6 Å². The minimum atomic E-state index is -0.841. The molecule has 0 saturated heterocycles. The molecule has 0 rings (SSSR count). The molecule has 0 atom stereocenters. The Balaban J connectivity index is 0. The third kappa shape index (κ3) is 9.14. The minimum Gasteiger partial charge on any atom is -0.386 e. The standard InChI is InChI=1S/2C8H18N6/c2*1-7(2,5(9)10)13-14-8(3,4)6(11)12/h2*1-4H3,(H3,9,10)(H3,11,12). The fourth-order valence-corrected chi connectivity index (χ4v) is 0.715. The second kappa shape index (κ2) is 9.33. The fourth-order valence-electron chi connectivity index (χ4n) is 0.715. The Morgan fingerprint density at radius 3 is 0.607 bits per heavy atom. The number of nitrogens with one attached hydrogen (secondary N) is 4. The van der Waals surface area contributed by atoms with E-state index in [9.17, 15) is 0 Å². The van der Waals surface area contributed by atoms with Crippen LogP contribution < -0.4 is 22.9 Å². The highest BCUT2D eigenvalue weighted by Crippen LogP contribution is 2.16. The van der Waals surface area contributed by atoms with Crippen LogP contribution in [0.5, 0.6) is 0 Å². The average Bonchev–Trinajstić information content (AvgIpc) is 2.51. The van der Waals surface area contributed by atoms with E-state index in [1.54, 1.807) is 55.4 Å². The van der Waals surface area contributed by atoms with Gasteiger partial charge in [0.15, 0.2) is 0 Å². The molecule has 0 aromatic heterocycles. The second-order valence-electron chi connectivity index (χ2n) is 8.29. The molecule has 0 aromatic rings. The van der Waals surface area contributed by atoms with Crippen LogP contribution in [-0.4, -0.2) is 45.5 Å². The molecule has 0 bridgehead atoms. The summed E-state index contributed by atoms with van der Waals surface area (Å²) in [5.41, 5.74) is 17.9. The van der Waals surface area contributed by atoms with Crippen molar-refractivity contribution in [1.82, 2.24) is 0 Å². The van der Waals surface area contributed by atoms with Gasteiger partial charge in [-0.05, 0) is 55.4 Å². The van der Waals surface area contributed by atoms with Gasteiger partial charge in [-0.1, -0.05) is 0 Å². The summed E-state index contributed by atoms with van der Waals surface area (Å²) in [7, 11) is 0. The molecular formula is C16H36N12. The molecule has 0 radical (unpaired) electrons. The SMILES string of the molecule is CC(C)(N=NC(C)(C)C(=N)N)C(=N)N.CC(C)(N=NC(C)(C)C(=N)N)C(=N)N. The molecule has 0 aliphatic rings. The van der Waals surface area contributed by atoms with Crippen molar-refractivity contribution in [2.45, 2.75) is 77.5 Å². The first-order valence-electron chi connectivity index (χ1n) is 8.45. The summed E-state index contributed by atoms with van der Waals surface area (Å²) in [6.07, 6.45) is 0. The molecule has 12 N–H and O–H groups in total. The van der Waals surface area contributed by atoms with E-state index in [0.29, 0.717) is 0 Å². The molecule has 12 nitrogen and oxygen atoms in total. The molecule has 0 heterocycles. The van der Waals surface area contributed by atoms with E-state index in [-0.39, 0.29) is 23.3 Å². The largest absolute Gasteiger partial charge is 0.386 e. The average molecular weight is 397 g/mol. The van der Waals surface area contributed by atoms with Crippen molar-refractivity contribution in [3.8, 4) is 0 Å². The lowest BCUT2D eigenvalue weighted by molar-refractivity contribution is 0.557. The smallest absolute Gasteiger partial charge is 0.132 e. The Labute approximate surface area is 166 Å². The zero-order valence-corrected chi connectivity index (χ0v) is 18.1. The molecule has 0 fully saturated rings. The van der Waals surface area contributed by atoms with E-state index in [4.69, 9.17) is 44.6 Å². The first kappa shape index (κ1) is 27.3. The van der Waals surface area contributed by atoms with Crippen molar-refractivity contribution >= 4 is 23.3 Å². The maximum Gasteiger partial charge on any atom is 0.132 e. The molecule has 0 amide bonds. The zero-order valence-electron chi connectivity index (χ0n) is 18.1. The Bertz CT molecular complexity index is 553. The van der Waals surface area contributed by atoms with Gasteiger partial charge in [0, 0.05) is 0 Å². The monoisotopic (exact) mass is 396 g/mol. The van der Waals surface area contributed by atoms with Crippen molar-refractivity contribution in [3.63, 3.8) is 0 Å². The lowest BCUT2D eigenvalue weighted by Crippen LogP contribution is -2.38. The van der Waals surface area contributed by atoms with Gasteiger partial charge in [-0.25, -0.2) is 0 Å². The van der Waals surface area contributed by atoms with Gasteiger partial charge in [0.05, 0.1) is 0 Å².